The van der Waals surface area contributed by atoms with Gasteiger partial charge < -0.3 is 10.6 Å². The van der Waals surface area contributed by atoms with Gasteiger partial charge in [0.15, 0.2) is 5.69 Å². The summed E-state index contributed by atoms with van der Waals surface area (Å²) in [6.45, 7) is 3.77. The Morgan fingerprint density at radius 3 is 2.53 bits per heavy atom. The molecule has 6 rings (SSSR count). The zero-order chi connectivity index (χ0) is 26.0. The molecule has 3 saturated carbocycles. The molecular weight excluding hydrogens is 504 g/mol. The van der Waals surface area contributed by atoms with E-state index in [-0.39, 0.29) is 21.9 Å². The van der Waals surface area contributed by atoms with Crippen LogP contribution in [0.3, 0.4) is 0 Å². The molecule has 1 amide bonds. The quantitative estimate of drug-likeness (QED) is 0.396. The lowest BCUT2D eigenvalue weighted by molar-refractivity contribution is 0.00118. The minimum absolute atomic E-state index is 0.0428. The van der Waals surface area contributed by atoms with Crippen molar-refractivity contribution >= 4 is 50.1 Å². The molecule has 3 aliphatic rings. The number of hydrogen-bond acceptors (Lipinski definition) is 8. The number of hydrogen-bond donors (Lipinski definition) is 3. The molecule has 0 spiro atoms. The van der Waals surface area contributed by atoms with Gasteiger partial charge in [-0.3, -0.25) is 14.2 Å². The second kappa shape index (κ2) is 8.45. The highest BCUT2D eigenvalue weighted by atomic mass is 35.5. The Bertz CT molecular complexity index is 1570. The lowest BCUT2D eigenvalue weighted by atomic mass is 9.50. The summed E-state index contributed by atoms with van der Waals surface area (Å²) in [6, 6.07) is 6.41. The molecule has 2 bridgehead atoms. The average molecular weight is 531 g/mol. The number of rotatable bonds is 7. The molecule has 1 atom stereocenters. The van der Waals surface area contributed by atoms with Crippen LogP contribution < -0.4 is 20.9 Å². The number of halogens is 1. The number of fused-ring (bicyclic) bond motifs is 1. The normalized spacial score (nSPS) is 21.3. The SMILES string of the molecule is Cc1cc([C@@H](C)Nc2ccc(Cl)nc2C(=O)NS(C)(=O)=O)c2nc(NC34CC(C3)C4)n(C)c(=O)c2c1. The van der Waals surface area contributed by atoms with E-state index in [1.54, 1.807) is 17.7 Å². The van der Waals surface area contributed by atoms with E-state index in [0.29, 0.717) is 22.5 Å². The van der Waals surface area contributed by atoms with Crippen molar-refractivity contribution in [3.8, 4) is 0 Å². The van der Waals surface area contributed by atoms with Gasteiger partial charge in [-0.15, -0.1) is 0 Å². The van der Waals surface area contributed by atoms with E-state index >= 15 is 0 Å². The third-order valence-electron chi connectivity index (χ3n) is 6.96. The van der Waals surface area contributed by atoms with Crippen LogP contribution in [0.25, 0.3) is 10.9 Å². The van der Waals surface area contributed by atoms with Crippen molar-refractivity contribution in [1.29, 1.82) is 0 Å². The van der Waals surface area contributed by atoms with Crippen molar-refractivity contribution in [2.45, 2.75) is 44.7 Å². The van der Waals surface area contributed by atoms with E-state index in [9.17, 15) is 18.0 Å². The highest BCUT2D eigenvalue weighted by Crippen LogP contribution is 2.58. The minimum Gasteiger partial charge on any atom is -0.377 e. The first kappa shape index (κ1) is 24.5. The average Bonchev–Trinajstić information content (AvgIpc) is 2.73. The van der Waals surface area contributed by atoms with Gasteiger partial charge in [0.25, 0.3) is 11.5 Å². The Morgan fingerprint density at radius 1 is 1.22 bits per heavy atom. The van der Waals surface area contributed by atoms with E-state index in [1.165, 1.54) is 6.07 Å². The number of amides is 1. The molecule has 36 heavy (non-hydrogen) atoms. The van der Waals surface area contributed by atoms with Crippen LogP contribution in [-0.2, 0) is 17.1 Å². The minimum atomic E-state index is -3.80. The first-order valence-corrected chi connectivity index (χ1v) is 13.9. The smallest absolute Gasteiger partial charge is 0.285 e. The molecular formula is C24H27ClN6O4S. The summed E-state index contributed by atoms with van der Waals surface area (Å²) in [5.74, 6) is 0.407. The maximum absolute atomic E-state index is 13.3. The molecule has 0 saturated heterocycles. The molecule has 0 aliphatic heterocycles. The highest BCUT2D eigenvalue weighted by Gasteiger charge is 2.57. The monoisotopic (exact) mass is 530 g/mol. The van der Waals surface area contributed by atoms with Gasteiger partial charge >= 0.3 is 0 Å². The van der Waals surface area contributed by atoms with Crippen LogP contribution in [0.2, 0.25) is 5.15 Å². The van der Waals surface area contributed by atoms with Crippen LogP contribution in [0, 0.1) is 12.8 Å². The van der Waals surface area contributed by atoms with Crippen molar-refractivity contribution < 1.29 is 13.2 Å². The Morgan fingerprint density at radius 2 is 1.92 bits per heavy atom. The molecule has 2 aromatic heterocycles. The standard InChI is InChI=1S/C24H27ClN6O4S/c1-12-7-15(13(2)26-17-5-6-18(25)27-20(17)21(32)30-36(4,34)35)19-16(8-12)22(33)31(3)23(28-19)29-24-9-14(10-24)11-24/h5-8,13-14,26H,9-11H2,1-4H3,(H,28,29)(H,30,32)/t13-,14?,24?/m1/s1. The van der Waals surface area contributed by atoms with Crippen molar-refractivity contribution in [2.75, 3.05) is 16.9 Å². The summed E-state index contributed by atoms with van der Waals surface area (Å²) in [7, 11) is -2.08. The molecule has 3 aliphatic carbocycles. The first-order valence-electron chi connectivity index (χ1n) is 11.6. The number of anilines is 2. The molecule has 3 aromatic rings. The summed E-state index contributed by atoms with van der Waals surface area (Å²) < 4.78 is 26.7. The van der Waals surface area contributed by atoms with Crippen LogP contribution >= 0.6 is 11.6 Å². The number of sulfonamides is 1. The van der Waals surface area contributed by atoms with E-state index in [4.69, 9.17) is 16.6 Å². The molecule has 3 N–H and O–H groups in total. The number of carbonyl (C=O) groups is 1. The van der Waals surface area contributed by atoms with Crippen molar-refractivity contribution in [3.05, 3.63) is 56.6 Å². The van der Waals surface area contributed by atoms with E-state index in [2.05, 4.69) is 15.6 Å². The third-order valence-corrected chi connectivity index (χ3v) is 7.73. The Hall–Kier alpha value is -3.18. The van der Waals surface area contributed by atoms with E-state index in [0.717, 1.165) is 42.6 Å². The maximum atomic E-state index is 13.3. The highest BCUT2D eigenvalue weighted by molar-refractivity contribution is 7.89. The predicted octanol–water partition coefficient (Wildman–Crippen LogP) is 3.12. The van der Waals surface area contributed by atoms with Crippen LogP contribution in [0.5, 0.6) is 0 Å². The maximum Gasteiger partial charge on any atom is 0.285 e. The third kappa shape index (κ3) is 4.41. The second-order valence-corrected chi connectivity index (χ2v) is 12.2. The topological polar surface area (TPSA) is 135 Å². The summed E-state index contributed by atoms with van der Waals surface area (Å²) >= 11 is 5.98. The molecule has 3 fully saturated rings. The summed E-state index contributed by atoms with van der Waals surface area (Å²) in [4.78, 5) is 34.8. The Balaban J connectivity index is 1.54. The van der Waals surface area contributed by atoms with Crippen molar-refractivity contribution in [2.24, 2.45) is 13.0 Å². The largest absolute Gasteiger partial charge is 0.377 e. The van der Waals surface area contributed by atoms with Gasteiger partial charge in [-0.05, 0) is 62.8 Å². The molecule has 0 radical (unpaired) electrons. The van der Waals surface area contributed by atoms with E-state index in [1.807, 2.05) is 30.7 Å². The lowest BCUT2D eigenvalue weighted by Crippen LogP contribution is -2.63. The molecule has 10 nitrogen and oxygen atoms in total. The number of pyridine rings is 1. The lowest BCUT2D eigenvalue weighted by Gasteiger charge is -2.62. The number of aryl methyl sites for hydroxylation is 1. The molecule has 190 valence electrons. The summed E-state index contributed by atoms with van der Waals surface area (Å²) in [6.07, 6.45) is 4.18. The van der Waals surface area contributed by atoms with Crippen LogP contribution in [0.1, 0.15) is 53.8 Å². The zero-order valence-electron chi connectivity index (χ0n) is 20.3. The Labute approximate surface area is 213 Å². The predicted molar refractivity (Wildman–Crippen MR) is 139 cm³/mol. The second-order valence-electron chi connectivity index (χ2n) is 10.0. The van der Waals surface area contributed by atoms with Crippen molar-refractivity contribution in [3.63, 3.8) is 0 Å². The van der Waals surface area contributed by atoms with Crippen LogP contribution in [0.4, 0.5) is 11.6 Å². The fraction of sp³-hybridized carbons (Fsp3) is 0.417. The Kier molecular flexibility index (Phi) is 5.75. The van der Waals surface area contributed by atoms with Crippen LogP contribution in [0.15, 0.2) is 29.1 Å². The number of aromatic nitrogens is 3. The van der Waals surface area contributed by atoms with Crippen molar-refractivity contribution in [1.82, 2.24) is 19.3 Å². The number of benzene rings is 1. The fourth-order valence-electron chi connectivity index (χ4n) is 5.12. The van der Waals surface area contributed by atoms with Gasteiger partial charge in [0.1, 0.15) is 5.15 Å². The van der Waals surface area contributed by atoms with Gasteiger partial charge in [-0.1, -0.05) is 17.7 Å². The van der Waals surface area contributed by atoms with Gasteiger partial charge in [0.05, 0.1) is 28.9 Å². The van der Waals surface area contributed by atoms with Gasteiger partial charge in [0, 0.05) is 18.2 Å². The van der Waals surface area contributed by atoms with Gasteiger partial charge in [0.2, 0.25) is 16.0 Å². The number of nitrogens with one attached hydrogen (secondary N) is 3. The molecule has 2 heterocycles. The van der Waals surface area contributed by atoms with Crippen LogP contribution in [-0.4, -0.2) is 40.7 Å². The summed E-state index contributed by atoms with van der Waals surface area (Å²) in [5, 5.41) is 7.27. The zero-order valence-corrected chi connectivity index (χ0v) is 21.9. The first-order chi connectivity index (χ1) is 16.8. The number of nitrogens with zero attached hydrogens (tertiary/aromatic N) is 3. The summed E-state index contributed by atoms with van der Waals surface area (Å²) in [5.41, 5.74) is 2.23. The fourth-order valence-corrected chi connectivity index (χ4v) is 5.70. The number of carbonyl (C=O) groups excluding carboxylic acids is 1. The molecule has 1 aromatic carbocycles. The molecule has 0 unspecified atom stereocenters. The van der Waals surface area contributed by atoms with E-state index < -0.39 is 22.0 Å². The van der Waals surface area contributed by atoms with Gasteiger partial charge in [-0.2, -0.15) is 0 Å². The van der Waals surface area contributed by atoms with Gasteiger partial charge in [-0.25, -0.2) is 23.1 Å². The molecule has 12 heteroatoms.